The van der Waals surface area contributed by atoms with Gasteiger partial charge in [-0.2, -0.15) is 0 Å². The first-order chi connectivity index (χ1) is 7.63. The molecule has 1 aromatic rings. The maximum Gasteiger partial charge on any atom is 0.312 e. The highest BCUT2D eigenvalue weighted by atomic mass is 16.5. The van der Waals surface area contributed by atoms with Crippen molar-refractivity contribution < 1.29 is 14.3 Å². The fourth-order valence-electron chi connectivity index (χ4n) is 1.36. The van der Waals surface area contributed by atoms with Crippen LogP contribution >= 0.6 is 0 Å². The number of esters is 1. The number of nitrogens with one attached hydrogen (secondary N) is 1. The van der Waals surface area contributed by atoms with E-state index < -0.39 is 18.0 Å². The van der Waals surface area contributed by atoms with Gasteiger partial charge in [0.25, 0.3) is 0 Å². The largest absolute Gasteiger partial charge is 0.469 e. The average Bonchev–Trinajstić information content (AvgIpc) is 2.28. The van der Waals surface area contributed by atoms with Gasteiger partial charge >= 0.3 is 12.0 Å². The number of methoxy groups -OCH3 is 1. The quantitative estimate of drug-likeness (QED) is 0.744. The smallest absolute Gasteiger partial charge is 0.312 e. The molecule has 0 radical (unpaired) electrons. The minimum absolute atomic E-state index is 0.0590. The minimum Gasteiger partial charge on any atom is -0.469 e. The molecule has 0 aromatic heterocycles. The second kappa shape index (κ2) is 5.75. The molecule has 0 saturated heterocycles. The Kier molecular flexibility index (Phi) is 4.32. The Morgan fingerprint density at radius 2 is 2.00 bits per heavy atom. The molecule has 1 aromatic carbocycles. The van der Waals surface area contributed by atoms with Gasteiger partial charge in [-0.3, -0.25) is 4.79 Å². The van der Waals surface area contributed by atoms with E-state index in [0.717, 1.165) is 5.56 Å². The standard InChI is InChI=1S/C11H14N2O3/c1-16-10(14)7-9(13-11(12)15)8-5-3-2-4-6-8/h2-6,9H,7H2,1H3,(H3,12,13,15)/t9-/m0/s1. The maximum absolute atomic E-state index is 11.2. The minimum atomic E-state index is -0.669. The van der Waals surface area contributed by atoms with Crippen molar-refractivity contribution in [3.63, 3.8) is 0 Å². The van der Waals surface area contributed by atoms with Gasteiger partial charge in [0.1, 0.15) is 0 Å². The number of carbonyl (C=O) groups is 2. The fraction of sp³-hybridized carbons (Fsp3) is 0.273. The summed E-state index contributed by atoms with van der Waals surface area (Å²) in [6.07, 6.45) is 0.0590. The molecule has 0 fully saturated rings. The van der Waals surface area contributed by atoms with Crippen LogP contribution in [-0.4, -0.2) is 19.1 Å². The lowest BCUT2D eigenvalue weighted by atomic mass is 10.0. The molecular formula is C11H14N2O3. The zero-order chi connectivity index (χ0) is 12.0. The van der Waals surface area contributed by atoms with Crippen molar-refractivity contribution in [3.8, 4) is 0 Å². The van der Waals surface area contributed by atoms with Crippen LogP contribution in [-0.2, 0) is 9.53 Å². The Morgan fingerprint density at radius 3 is 2.50 bits per heavy atom. The maximum atomic E-state index is 11.2. The number of urea groups is 1. The molecule has 2 amide bonds. The lowest BCUT2D eigenvalue weighted by Gasteiger charge is -2.16. The van der Waals surface area contributed by atoms with Crippen LogP contribution in [0.25, 0.3) is 0 Å². The van der Waals surface area contributed by atoms with E-state index in [-0.39, 0.29) is 6.42 Å². The molecule has 5 heteroatoms. The van der Waals surface area contributed by atoms with Crippen LogP contribution in [0.4, 0.5) is 4.79 Å². The zero-order valence-corrected chi connectivity index (χ0v) is 8.97. The van der Waals surface area contributed by atoms with Crippen LogP contribution in [0.15, 0.2) is 30.3 Å². The van der Waals surface area contributed by atoms with Gasteiger partial charge in [0, 0.05) is 0 Å². The number of amides is 2. The summed E-state index contributed by atoms with van der Waals surface area (Å²) in [7, 11) is 1.30. The molecule has 3 N–H and O–H groups in total. The zero-order valence-electron chi connectivity index (χ0n) is 8.97. The van der Waals surface area contributed by atoms with E-state index in [4.69, 9.17) is 5.73 Å². The first-order valence-corrected chi connectivity index (χ1v) is 4.81. The lowest BCUT2D eigenvalue weighted by molar-refractivity contribution is -0.141. The molecule has 1 atom stereocenters. The Balaban J connectivity index is 2.79. The predicted molar refractivity (Wildman–Crippen MR) is 58.5 cm³/mol. The summed E-state index contributed by atoms with van der Waals surface area (Å²) in [5.74, 6) is -0.400. The third kappa shape index (κ3) is 3.61. The summed E-state index contributed by atoms with van der Waals surface area (Å²) in [6.45, 7) is 0. The number of hydrogen-bond acceptors (Lipinski definition) is 3. The van der Waals surface area contributed by atoms with Gasteiger partial charge in [-0.05, 0) is 5.56 Å². The molecule has 0 unspecified atom stereocenters. The highest BCUT2D eigenvalue weighted by Gasteiger charge is 2.17. The number of benzene rings is 1. The summed E-state index contributed by atoms with van der Waals surface area (Å²) >= 11 is 0. The lowest BCUT2D eigenvalue weighted by Crippen LogP contribution is -2.34. The molecular weight excluding hydrogens is 208 g/mol. The summed E-state index contributed by atoms with van der Waals surface area (Å²) < 4.78 is 4.55. The van der Waals surface area contributed by atoms with Crippen molar-refractivity contribution >= 4 is 12.0 Å². The fourth-order valence-corrected chi connectivity index (χ4v) is 1.36. The van der Waals surface area contributed by atoms with Crippen LogP contribution in [0.3, 0.4) is 0 Å². The van der Waals surface area contributed by atoms with Crippen LogP contribution in [0, 0.1) is 0 Å². The van der Waals surface area contributed by atoms with Crippen molar-refractivity contribution in [2.75, 3.05) is 7.11 Å². The van der Waals surface area contributed by atoms with E-state index in [1.165, 1.54) is 7.11 Å². The van der Waals surface area contributed by atoms with Gasteiger partial charge in [-0.1, -0.05) is 30.3 Å². The topological polar surface area (TPSA) is 81.4 Å². The molecule has 0 spiro atoms. The van der Waals surface area contributed by atoms with Gasteiger partial charge in [-0.25, -0.2) is 4.79 Å². The number of rotatable bonds is 4. The van der Waals surface area contributed by atoms with E-state index in [1.807, 2.05) is 30.3 Å². The highest BCUT2D eigenvalue weighted by molar-refractivity contribution is 5.75. The number of nitrogens with two attached hydrogens (primary N) is 1. The Hall–Kier alpha value is -2.04. The first kappa shape index (κ1) is 12.0. The van der Waals surface area contributed by atoms with E-state index in [2.05, 4.69) is 10.1 Å². The Morgan fingerprint density at radius 1 is 1.38 bits per heavy atom. The molecule has 0 aliphatic carbocycles. The molecule has 5 nitrogen and oxygen atoms in total. The summed E-state index contributed by atoms with van der Waals surface area (Å²) in [4.78, 5) is 22.0. The first-order valence-electron chi connectivity index (χ1n) is 4.81. The molecule has 0 saturated carbocycles. The predicted octanol–water partition coefficient (Wildman–Crippen LogP) is 0.959. The third-order valence-corrected chi connectivity index (χ3v) is 2.12. The van der Waals surface area contributed by atoms with E-state index >= 15 is 0 Å². The number of hydrogen-bond donors (Lipinski definition) is 2. The van der Waals surface area contributed by atoms with Crippen molar-refractivity contribution in [2.45, 2.75) is 12.5 Å². The average molecular weight is 222 g/mol. The summed E-state index contributed by atoms with van der Waals surface area (Å²) in [6, 6.07) is 7.99. The van der Waals surface area contributed by atoms with E-state index in [9.17, 15) is 9.59 Å². The monoisotopic (exact) mass is 222 g/mol. The molecule has 16 heavy (non-hydrogen) atoms. The van der Waals surface area contributed by atoms with E-state index in [0.29, 0.717) is 0 Å². The van der Waals surface area contributed by atoms with Crippen molar-refractivity contribution in [1.29, 1.82) is 0 Å². The van der Waals surface area contributed by atoms with Crippen molar-refractivity contribution in [1.82, 2.24) is 5.32 Å². The number of ether oxygens (including phenoxy) is 1. The summed E-state index contributed by atoms with van der Waals surface area (Å²) in [5.41, 5.74) is 5.86. The normalized spacial score (nSPS) is 11.6. The molecule has 1 rings (SSSR count). The highest BCUT2D eigenvalue weighted by Crippen LogP contribution is 2.16. The van der Waals surface area contributed by atoms with Gasteiger partial charge in [-0.15, -0.1) is 0 Å². The molecule has 0 bridgehead atoms. The number of carbonyl (C=O) groups excluding carboxylic acids is 2. The van der Waals surface area contributed by atoms with Gasteiger partial charge < -0.3 is 15.8 Å². The van der Waals surface area contributed by atoms with Gasteiger partial charge in [0.2, 0.25) is 0 Å². The Labute approximate surface area is 93.6 Å². The second-order valence-corrected chi connectivity index (χ2v) is 3.25. The molecule has 0 aliphatic heterocycles. The van der Waals surface area contributed by atoms with Gasteiger partial charge in [0.05, 0.1) is 19.6 Å². The van der Waals surface area contributed by atoms with Crippen molar-refractivity contribution in [2.24, 2.45) is 5.73 Å². The Bertz CT molecular complexity index is 365. The third-order valence-electron chi connectivity index (χ3n) is 2.12. The van der Waals surface area contributed by atoms with Crippen LogP contribution < -0.4 is 11.1 Å². The second-order valence-electron chi connectivity index (χ2n) is 3.25. The SMILES string of the molecule is COC(=O)C[C@H](NC(N)=O)c1ccccc1. The van der Waals surface area contributed by atoms with Crippen LogP contribution in [0.1, 0.15) is 18.0 Å². The number of primary amides is 1. The van der Waals surface area contributed by atoms with Crippen LogP contribution in [0.2, 0.25) is 0 Å². The molecule has 86 valence electrons. The molecule has 0 heterocycles. The van der Waals surface area contributed by atoms with E-state index in [1.54, 1.807) is 0 Å². The molecule has 0 aliphatic rings. The summed E-state index contributed by atoms with van der Waals surface area (Å²) in [5, 5.41) is 2.50. The van der Waals surface area contributed by atoms with Crippen LogP contribution in [0.5, 0.6) is 0 Å². The van der Waals surface area contributed by atoms with Crippen molar-refractivity contribution in [3.05, 3.63) is 35.9 Å². The van der Waals surface area contributed by atoms with Gasteiger partial charge in [0.15, 0.2) is 0 Å².